The first-order chi connectivity index (χ1) is 12.1. The quantitative estimate of drug-likeness (QED) is 0.722. The van der Waals surface area contributed by atoms with Crippen LogP contribution in [0.2, 0.25) is 0 Å². The molecule has 3 N–H and O–H groups in total. The third-order valence-corrected chi connectivity index (χ3v) is 4.82. The number of rotatable bonds is 3. The van der Waals surface area contributed by atoms with Crippen LogP contribution in [0.3, 0.4) is 0 Å². The molecular weight excluding hydrogens is 310 g/mol. The van der Waals surface area contributed by atoms with Crippen molar-refractivity contribution in [2.75, 3.05) is 12.3 Å². The van der Waals surface area contributed by atoms with Crippen LogP contribution in [0, 0.1) is 13.8 Å². The Hall–Kier alpha value is -2.66. The Bertz CT molecular complexity index is 895. The molecule has 0 atom stereocenters. The van der Waals surface area contributed by atoms with Crippen LogP contribution in [0.5, 0.6) is 0 Å². The Morgan fingerprint density at radius 3 is 2.72 bits per heavy atom. The zero-order valence-corrected chi connectivity index (χ0v) is 14.7. The number of aromatic nitrogens is 3. The SMILES string of the molecule is Cc1cc(C)c(CN2CCc3nc(-c4ccc(N)cc4)ncc3C2)[nH]1. The van der Waals surface area contributed by atoms with Gasteiger partial charge in [0.2, 0.25) is 0 Å². The summed E-state index contributed by atoms with van der Waals surface area (Å²) in [7, 11) is 0. The number of aryl methyl sites for hydroxylation is 2. The molecule has 3 heterocycles. The largest absolute Gasteiger partial charge is 0.399 e. The third kappa shape index (κ3) is 3.28. The lowest BCUT2D eigenvalue weighted by Gasteiger charge is -2.28. The number of nitrogen functional groups attached to an aromatic ring is 1. The van der Waals surface area contributed by atoms with E-state index in [4.69, 9.17) is 10.7 Å². The molecule has 0 amide bonds. The minimum absolute atomic E-state index is 0.757. The van der Waals surface area contributed by atoms with E-state index in [1.807, 2.05) is 30.5 Å². The van der Waals surface area contributed by atoms with E-state index in [1.54, 1.807) is 0 Å². The van der Waals surface area contributed by atoms with Crippen LogP contribution < -0.4 is 5.73 Å². The summed E-state index contributed by atoms with van der Waals surface area (Å²) in [4.78, 5) is 15.3. The van der Waals surface area contributed by atoms with Crippen molar-refractivity contribution in [1.82, 2.24) is 19.9 Å². The van der Waals surface area contributed by atoms with Crippen molar-refractivity contribution >= 4 is 5.69 Å². The van der Waals surface area contributed by atoms with Gasteiger partial charge in [-0.15, -0.1) is 0 Å². The minimum Gasteiger partial charge on any atom is -0.399 e. The maximum Gasteiger partial charge on any atom is 0.159 e. The van der Waals surface area contributed by atoms with E-state index in [1.165, 1.54) is 22.5 Å². The number of nitrogens with two attached hydrogens (primary N) is 1. The minimum atomic E-state index is 0.757. The number of hydrogen-bond donors (Lipinski definition) is 2. The van der Waals surface area contributed by atoms with Gasteiger partial charge in [0.05, 0.1) is 5.69 Å². The number of aromatic amines is 1. The van der Waals surface area contributed by atoms with Crippen molar-refractivity contribution in [3.8, 4) is 11.4 Å². The van der Waals surface area contributed by atoms with E-state index < -0.39 is 0 Å². The van der Waals surface area contributed by atoms with Gasteiger partial charge in [-0.25, -0.2) is 9.97 Å². The molecule has 5 heteroatoms. The molecular formula is C20H23N5. The predicted molar refractivity (Wildman–Crippen MR) is 100.0 cm³/mol. The Morgan fingerprint density at radius 1 is 1.20 bits per heavy atom. The fraction of sp³-hybridized carbons (Fsp3) is 0.300. The highest BCUT2D eigenvalue weighted by atomic mass is 15.1. The number of nitrogens with one attached hydrogen (secondary N) is 1. The molecule has 0 spiro atoms. The molecule has 0 aliphatic carbocycles. The topological polar surface area (TPSA) is 70.8 Å². The number of hydrogen-bond acceptors (Lipinski definition) is 4. The molecule has 128 valence electrons. The molecule has 1 aromatic carbocycles. The highest BCUT2D eigenvalue weighted by molar-refractivity contribution is 5.58. The number of anilines is 1. The molecule has 0 saturated carbocycles. The molecule has 4 rings (SSSR count). The fourth-order valence-electron chi connectivity index (χ4n) is 3.45. The van der Waals surface area contributed by atoms with Crippen LogP contribution in [0.4, 0.5) is 5.69 Å². The molecule has 25 heavy (non-hydrogen) atoms. The van der Waals surface area contributed by atoms with E-state index in [2.05, 4.69) is 34.8 Å². The molecule has 0 bridgehead atoms. The van der Waals surface area contributed by atoms with Crippen molar-refractivity contribution < 1.29 is 0 Å². The monoisotopic (exact) mass is 333 g/mol. The van der Waals surface area contributed by atoms with Gasteiger partial charge in [-0.05, 0) is 49.7 Å². The van der Waals surface area contributed by atoms with Gasteiger partial charge < -0.3 is 10.7 Å². The smallest absolute Gasteiger partial charge is 0.159 e. The molecule has 1 aliphatic rings. The van der Waals surface area contributed by atoms with Crippen molar-refractivity contribution in [1.29, 1.82) is 0 Å². The van der Waals surface area contributed by atoms with Crippen LogP contribution >= 0.6 is 0 Å². The zero-order chi connectivity index (χ0) is 17.4. The van der Waals surface area contributed by atoms with Gasteiger partial charge in [-0.2, -0.15) is 0 Å². The van der Waals surface area contributed by atoms with Gasteiger partial charge in [0.15, 0.2) is 5.82 Å². The first kappa shape index (κ1) is 15.8. The second-order valence-electron chi connectivity index (χ2n) is 6.86. The normalized spacial score (nSPS) is 14.5. The Morgan fingerprint density at radius 2 is 2.00 bits per heavy atom. The van der Waals surface area contributed by atoms with Crippen molar-refractivity contribution in [3.63, 3.8) is 0 Å². The molecule has 0 unspecified atom stereocenters. The van der Waals surface area contributed by atoms with Crippen LogP contribution in [0.25, 0.3) is 11.4 Å². The Labute approximate surface area is 147 Å². The van der Waals surface area contributed by atoms with Crippen molar-refractivity contribution in [2.24, 2.45) is 0 Å². The molecule has 5 nitrogen and oxygen atoms in total. The maximum atomic E-state index is 5.76. The molecule has 0 saturated heterocycles. The van der Waals surface area contributed by atoms with Gasteiger partial charge in [0.25, 0.3) is 0 Å². The van der Waals surface area contributed by atoms with Gasteiger partial charge >= 0.3 is 0 Å². The van der Waals surface area contributed by atoms with E-state index in [9.17, 15) is 0 Å². The van der Waals surface area contributed by atoms with Gasteiger partial charge in [0, 0.05) is 60.5 Å². The number of H-pyrrole nitrogens is 1. The summed E-state index contributed by atoms with van der Waals surface area (Å²) in [5, 5.41) is 0. The van der Waals surface area contributed by atoms with E-state index in [0.717, 1.165) is 48.8 Å². The highest BCUT2D eigenvalue weighted by Gasteiger charge is 2.20. The second-order valence-corrected chi connectivity index (χ2v) is 6.86. The Kier molecular flexibility index (Phi) is 4.01. The predicted octanol–water partition coefficient (Wildman–Crippen LogP) is 3.23. The van der Waals surface area contributed by atoms with Gasteiger partial charge in [-0.1, -0.05) is 0 Å². The number of nitrogens with zero attached hydrogens (tertiary/aromatic N) is 3. The number of fused-ring (bicyclic) bond motifs is 1. The lowest BCUT2D eigenvalue weighted by molar-refractivity contribution is 0.240. The average Bonchev–Trinajstić information content (AvgIpc) is 2.92. The highest BCUT2D eigenvalue weighted by Crippen LogP contribution is 2.23. The summed E-state index contributed by atoms with van der Waals surface area (Å²) >= 11 is 0. The number of benzene rings is 1. The molecule has 3 aromatic rings. The lowest BCUT2D eigenvalue weighted by Crippen LogP contribution is -2.31. The first-order valence-corrected chi connectivity index (χ1v) is 8.66. The molecule has 2 aromatic heterocycles. The Balaban J connectivity index is 1.52. The van der Waals surface area contributed by atoms with Crippen molar-refractivity contribution in [3.05, 3.63) is 64.7 Å². The van der Waals surface area contributed by atoms with Crippen LogP contribution in [-0.2, 0) is 19.5 Å². The standard InChI is InChI=1S/C20H23N5/c1-13-9-14(2)23-19(13)12-25-8-7-18-16(11-25)10-22-20(24-18)15-3-5-17(21)6-4-15/h3-6,9-10,23H,7-8,11-12,21H2,1-2H3. The van der Waals surface area contributed by atoms with E-state index in [0.29, 0.717) is 0 Å². The summed E-state index contributed by atoms with van der Waals surface area (Å²) in [5.74, 6) is 0.781. The van der Waals surface area contributed by atoms with Crippen LogP contribution in [-0.4, -0.2) is 26.4 Å². The van der Waals surface area contributed by atoms with Gasteiger partial charge in [0.1, 0.15) is 0 Å². The lowest BCUT2D eigenvalue weighted by atomic mass is 10.1. The first-order valence-electron chi connectivity index (χ1n) is 8.66. The third-order valence-electron chi connectivity index (χ3n) is 4.82. The molecule has 0 radical (unpaired) electrons. The molecule has 1 aliphatic heterocycles. The fourth-order valence-corrected chi connectivity index (χ4v) is 3.45. The zero-order valence-electron chi connectivity index (χ0n) is 14.7. The van der Waals surface area contributed by atoms with Crippen LogP contribution in [0.15, 0.2) is 36.5 Å². The van der Waals surface area contributed by atoms with E-state index in [-0.39, 0.29) is 0 Å². The van der Waals surface area contributed by atoms with Crippen molar-refractivity contribution in [2.45, 2.75) is 33.4 Å². The second kappa shape index (κ2) is 6.33. The summed E-state index contributed by atoms with van der Waals surface area (Å²) in [6.45, 7) is 7.13. The summed E-state index contributed by atoms with van der Waals surface area (Å²) in [5.41, 5.74) is 13.8. The summed E-state index contributed by atoms with van der Waals surface area (Å²) in [6.07, 6.45) is 2.94. The summed E-state index contributed by atoms with van der Waals surface area (Å²) in [6, 6.07) is 9.93. The average molecular weight is 333 g/mol. The van der Waals surface area contributed by atoms with Gasteiger partial charge in [-0.3, -0.25) is 4.90 Å². The maximum absolute atomic E-state index is 5.76. The van der Waals surface area contributed by atoms with Crippen LogP contribution in [0.1, 0.15) is 28.2 Å². The van der Waals surface area contributed by atoms with E-state index >= 15 is 0 Å². The summed E-state index contributed by atoms with van der Waals surface area (Å²) < 4.78 is 0. The molecule has 0 fully saturated rings.